The molecule has 2 aromatic carbocycles. The predicted octanol–water partition coefficient (Wildman–Crippen LogP) is 2.76. The number of nitrogens with one attached hydrogen (secondary N) is 3. The highest BCUT2D eigenvalue weighted by molar-refractivity contribution is 7.94. The van der Waals surface area contributed by atoms with Gasteiger partial charge in [0, 0.05) is 5.56 Å². The molecule has 0 radical (unpaired) electrons. The Balaban J connectivity index is 1.72. The van der Waals surface area contributed by atoms with Gasteiger partial charge in [-0.05, 0) is 47.8 Å². The van der Waals surface area contributed by atoms with E-state index in [0.29, 0.717) is 0 Å². The van der Waals surface area contributed by atoms with Crippen LogP contribution in [0.15, 0.2) is 70.3 Å². The molecule has 3 rings (SSSR count). The second-order valence-corrected chi connectivity index (χ2v) is 8.36. The fourth-order valence-electron chi connectivity index (χ4n) is 2.24. The van der Waals surface area contributed by atoms with Crippen molar-refractivity contribution in [1.82, 2.24) is 10.9 Å². The summed E-state index contributed by atoms with van der Waals surface area (Å²) >= 11 is 1.04. The van der Waals surface area contributed by atoms with Crippen LogP contribution in [0.1, 0.15) is 20.7 Å². The molecule has 3 N–H and O–H groups in total. The van der Waals surface area contributed by atoms with Crippen molar-refractivity contribution in [3.05, 3.63) is 83.0 Å². The maximum absolute atomic E-state index is 12.9. The number of benzene rings is 2. The lowest BCUT2D eigenvalue weighted by Crippen LogP contribution is -2.41. The van der Waals surface area contributed by atoms with E-state index in [9.17, 15) is 22.4 Å². The fraction of sp³-hybridized carbons (Fsp3) is 0. The topological polar surface area (TPSA) is 104 Å². The zero-order chi connectivity index (χ0) is 20.1. The average molecular weight is 419 g/mol. The SMILES string of the molecule is O=C(NNC(=O)c1ccccc1NS(=O)(=O)c1cccs1)c1ccc(F)cc1. The van der Waals surface area contributed by atoms with Crippen LogP contribution in [-0.2, 0) is 10.0 Å². The van der Waals surface area contributed by atoms with Crippen LogP contribution in [0, 0.1) is 5.82 Å². The Bertz CT molecular complexity index is 1100. The maximum Gasteiger partial charge on any atom is 0.271 e. The molecule has 3 aromatic rings. The van der Waals surface area contributed by atoms with Crippen molar-refractivity contribution >= 4 is 38.9 Å². The first kappa shape index (κ1) is 19.5. The fourth-order valence-corrected chi connectivity index (χ4v) is 4.31. The summed E-state index contributed by atoms with van der Waals surface area (Å²) in [6.45, 7) is 0. The Morgan fingerprint density at radius 2 is 1.54 bits per heavy atom. The predicted molar refractivity (Wildman–Crippen MR) is 103 cm³/mol. The van der Waals surface area contributed by atoms with Gasteiger partial charge in [-0.3, -0.25) is 25.2 Å². The van der Waals surface area contributed by atoms with E-state index in [2.05, 4.69) is 15.6 Å². The number of hydrazine groups is 1. The van der Waals surface area contributed by atoms with Gasteiger partial charge in [0.25, 0.3) is 21.8 Å². The van der Waals surface area contributed by atoms with Gasteiger partial charge in [0.1, 0.15) is 10.0 Å². The number of hydrogen-bond acceptors (Lipinski definition) is 5. The van der Waals surface area contributed by atoms with Crippen molar-refractivity contribution < 1.29 is 22.4 Å². The molecule has 1 heterocycles. The number of carbonyl (C=O) groups is 2. The van der Waals surface area contributed by atoms with Gasteiger partial charge in [0.15, 0.2) is 0 Å². The number of anilines is 1. The number of carbonyl (C=O) groups excluding carboxylic acids is 2. The lowest BCUT2D eigenvalue weighted by molar-refractivity contribution is 0.0847. The minimum absolute atomic E-state index is 0.0158. The minimum Gasteiger partial charge on any atom is -0.278 e. The van der Waals surface area contributed by atoms with E-state index in [1.165, 1.54) is 30.3 Å². The summed E-state index contributed by atoms with van der Waals surface area (Å²) in [7, 11) is -3.84. The number of sulfonamides is 1. The van der Waals surface area contributed by atoms with Crippen molar-refractivity contribution in [2.45, 2.75) is 4.21 Å². The molecule has 2 amide bonds. The van der Waals surface area contributed by atoms with Crippen LogP contribution in [0.3, 0.4) is 0 Å². The molecule has 0 saturated heterocycles. The molecule has 0 saturated carbocycles. The van der Waals surface area contributed by atoms with Gasteiger partial charge in [0.05, 0.1) is 11.3 Å². The van der Waals surface area contributed by atoms with E-state index in [1.807, 2.05) is 0 Å². The molecule has 0 aliphatic heterocycles. The third-order valence-electron chi connectivity index (χ3n) is 3.57. The van der Waals surface area contributed by atoms with E-state index in [-0.39, 0.29) is 21.0 Å². The van der Waals surface area contributed by atoms with E-state index >= 15 is 0 Å². The Labute approximate surface area is 164 Å². The molecule has 10 heteroatoms. The monoisotopic (exact) mass is 419 g/mol. The second-order valence-electron chi connectivity index (χ2n) is 5.50. The number of halogens is 1. The average Bonchev–Trinajstić information content (AvgIpc) is 3.22. The molecule has 7 nitrogen and oxygen atoms in total. The van der Waals surface area contributed by atoms with Crippen molar-refractivity contribution in [1.29, 1.82) is 0 Å². The van der Waals surface area contributed by atoms with E-state index in [0.717, 1.165) is 23.5 Å². The first-order valence-electron chi connectivity index (χ1n) is 7.88. The van der Waals surface area contributed by atoms with Gasteiger partial charge < -0.3 is 0 Å². The van der Waals surface area contributed by atoms with Crippen molar-refractivity contribution in [3.8, 4) is 0 Å². The summed E-state index contributed by atoms with van der Waals surface area (Å²) < 4.78 is 40.1. The van der Waals surface area contributed by atoms with Gasteiger partial charge in [-0.1, -0.05) is 18.2 Å². The zero-order valence-electron chi connectivity index (χ0n) is 14.2. The number of rotatable bonds is 5. The lowest BCUT2D eigenvalue weighted by Gasteiger charge is -2.12. The van der Waals surface area contributed by atoms with Crippen LogP contribution >= 0.6 is 11.3 Å². The molecule has 0 unspecified atom stereocenters. The molecule has 28 heavy (non-hydrogen) atoms. The van der Waals surface area contributed by atoms with E-state index < -0.39 is 27.7 Å². The van der Waals surface area contributed by atoms with Crippen molar-refractivity contribution in [2.75, 3.05) is 4.72 Å². The van der Waals surface area contributed by atoms with Gasteiger partial charge in [0.2, 0.25) is 0 Å². The summed E-state index contributed by atoms with van der Waals surface area (Å²) in [4.78, 5) is 24.4. The molecule has 1 aromatic heterocycles. The smallest absolute Gasteiger partial charge is 0.271 e. The van der Waals surface area contributed by atoms with Gasteiger partial charge in [-0.25, -0.2) is 12.8 Å². The van der Waals surface area contributed by atoms with Crippen LogP contribution in [0.25, 0.3) is 0 Å². The maximum atomic E-state index is 12.9. The van der Waals surface area contributed by atoms with Crippen LogP contribution in [0.4, 0.5) is 10.1 Å². The van der Waals surface area contributed by atoms with E-state index in [1.54, 1.807) is 23.6 Å². The van der Waals surface area contributed by atoms with Crippen LogP contribution < -0.4 is 15.6 Å². The quantitative estimate of drug-likeness (QED) is 0.553. The van der Waals surface area contributed by atoms with Crippen molar-refractivity contribution in [3.63, 3.8) is 0 Å². The molecule has 0 fully saturated rings. The largest absolute Gasteiger partial charge is 0.278 e. The highest BCUT2D eigenvalue weighted by Gasteiger charge is 2.19. The molecular formula is C18H14FN3O4S2. The number of amides is 2. The second kappa shape index (κ2) is 8.19. The number of thiophene rings is 1. The first-order chi connectivity index (χ1) is 13.4. The Morgan fingerprint density at radius 3 is 2.21 bits per heavy atom. The molecular weight excluding hydrogens is 405 g/mol. The molecule has 0 aliphatic carbocycles. The van der Waals surface area contributed by atoms with Gasteiger partial charge in [-0.2, -0.15) is 0 Å². The first-order valence-corrected chi connectivity index (χ1v) is 10.2. The summed E-state index contributed by atoms with van der Waals surface area (Å²) in [5, 5.41) is 1.62. The highest BCUT2D eigenvalue weighted by atomic mass is 32.2. The standard InChI is InChI=1S/C18H14FN3O4S2/c19-13-9-7-12(8-10-13)17(23)20-21-18(24)14-4-1-2-5-15(14)22-28(25,26)16-6-3-11-27-16/h1-11,22H,(H,20,23)(H,21,24). The summed E-state index contributed by atoms with van der Waals surface area (Å²) in [5.74, 6) is -1.86. The minimum atomic E-state index is -3.84. The van der Waals surface area contributed by atoms with Gasteiger partial charge >= 0.3 is 0 Å². The zero-order valence-corrected chi connectivity index (χ0v) is 15.8. The molecule has 0 bridgehead atoms. The Morgan fingerprint density at radius 1 is 0.857 bits per heavy atom. The normalized spacial score (nSPS) is 10.9. The molecule has 144 valence electrons. The Hall–Kier alpha value is -3.24. The molecule has 0 atom stereocenters. The highest BCUT2D eigenvalue weighted by Crippen LogP contribution is 2.22. The molecule has 0 aliphatic rings. The number of para-hydroxylation sites is 1. The van der Waals surface area contributed by atoms with Crippen LogP contribution in [0.5, 0.6) is 0 Å². The van der Waals surface area contributed by atoms with E-state index in [4.69, 9.17) is 0 Å². The van der Waals surface area contributed by atoms with Gasteiger partial charge in [-0.15, -0.1) is 11.3 Å². The van der Waals surface area contributed by atoms with Crippen LogP contribution in [0.2, 0.25) is 0 Å². The summed E-state index contributed by atoms with van der Waals surface area (Å²) in [6, 6.07) is 13.8. The van der Waals surface area contributed by atoms with Crippen molar-refractivity contribution in [2.24, 2.45) is 0 Å². The Kier molecular flexibility index (Phi) is 5.71. The summed E-state index contributed by atoms with van der Waals surface area (Å²) in [6.07, 6.45) is 0. The summed E-state index contributed by atoms with van der Waals surface area (Å²) in [5.41, 5.74) is 4.63. The van der Waals surface area contributed by atoms with Crippen LogP contribution in [-0.4, -0.2) is 20.2 Å². The molecule has 0 spiro atoms. The third kappa shape index (κ3) is 4.53. The third-order valence-corrected chi connectivity index (χ3v) is 6.33. The number of hydrogen-bond donors (Lipinski definition) is 3. The lowest BCUT2D eigenvalue weighted by atomic mass is 10.2.